The molecule has 0 aliphatic rings. The van der Waals surface area contributed by atoms with E-state index in [2.05, 4.69) is 41.1 Å². The van der Waals surface area contributed by atoms with E-state index in [1.165, 1.54) is 30.4 Å². The third kappa shape index (κ3) is 7.95. The first-order valence-corrected chi connectivity index (χ1v) is 13.5. The molecule has 4 aromatic rings. The maximum absolute atomic E-state index is 13.2. The summed E-state index contributed by atoms with van der Waals surface area (Å²) in [5, 5.41) is 33.4. The Hall–Kier alpha value is -4.68. The van der Waals surface area contributed by atoms with Crippen LogP contribution < -0.4 is 10.6 Å². The number of halogens is 2. The van der Waals surface area contributed by atoms with Crippen molar-refractivity contribution < 1.29 is 14.3 Å². The summed E-state index contributed by atoms with van der Waals surface area (Å²) < 4.78 is 6.09. The van der Waals surface area contributed by atoms with Crippen LogP contribution in [0.25, 0.3) is 22.9 Å². The van der Waals surface area contributed by atoms with Crippen LogP contribution in [0.4, 0.5) is 10.5 Å². The minimum atomic E-state index is -0.581. The number of hydrogen-bond donors (Lipinski definition) is 3. The van der Waals surface area contributed by atoms with Gasteiger partial charge in [0.15, 0.2) is 5.15 Å². The Labute approximate surface area is 251 Å². The van der Waals surface area contributed by atoms with E-state index in [4.69, 9.17) is 28.6 Å². The van der Waals surface area contributed by atoms with Gasteiger partial charge in [0.2, 0.25) is 5.91 Å². The molecule has 0 aliphatic heterocycles. The number of hydrogen-bond acceptors (Lipinski definition) is 9. The van der Waals surface area contributed by atoms with Gasteiger partial charge in [-0.2, -0.15) is 9.78 Å². The highest BCUT2D eigenvalue weighted by molar-refractivity contribution is 6.32. The van der Waals surface area contributed by atoms with Gasteiger partial charge in [0.1, 0.15) is 6.33 Å². The molecule has 2 unspecified atom stereocenters. The standard InChI is InChI=1S/C28H27Cl2N9O3/c1-17(11-12-31)13-23(34-26(40)10-5-19-14-20(29)6-9-25(19)39-16-32-37-38-39)24-15-22(27(30)36-35-24)18-3-7-21(8-4-18)33-28(41)42-2/h3-10,12,14-17,23,31H,11,13H2,1-2H3,(H,33,41)(H,34,40)/b10-5+,31-12?. The highest BCUT2D eigenvalue weighted by Crippen LogP contribution is 2.31. The fourth-order valence-corrected chi connectivity index (χ4v) is 4.53. The number of nitrogens with one attached hydrogen (secondary N) is 3. The van der Waals surface area contributed by atoms with Crippen LogP contribution in [-0.2, 0) is 9.53 Å². The van der Waals surface area contributed by atoms with Crippen LogP contribution in [-0.4, -0.2) is 55.7 Å². The first-order valence-electron chi connectivity index (χ1n) is 12.8. The summed E-state index contributed by atoms with van der Waals surface area (Å²) in [6, 6.07) is 13.4. The van der Waals surface area contributed by atoms with Gasteiger partial charge in [-0.1, -0.05) is 42.3 Å². The second kappa shape index (κ2) is 14.3. The molecule has 0 fully saturated rings. The number of carbonyl (C=O) groups excluding carboxylic acids is 2. The second-order valence-electron chi connectivity index (χ2n) is 9.30. The molecule has 0 radical (unpaired) electrons. The van der Waals surface area contributed by atoms with Crippen LogP contribution in [0.5, 0.6) is 0 Å². The normalized spacial score (nSPS) is 12.5. The molecular formula is C28H27Cl2N9O3. The van der Waals surface area contributed by atoms with Crippen LogP contribution >= 0.6 is 23.2 Å². The molecule has 216 valence electrons. The lowest BCUT2D eigenvalue weighted by Crippen LogP contribution is -2.29. The van der Waals surface area contributed by atoms with E-state index in [0.717, 1.165) is 5.56 Å². The number of ether oxygens (including phenoxy) is 1. The second-order valence-corrected chi connectivity index (χ2v) is 10.1. The number of amides is 2. The third-order valence-electron chi connectivity index (χ3n) is 6.23. The van der Waals surface area contributed by atoms with E-state index in [1.807, 2.05) is 6.92 Å². The first-order chi connectivity index (χ1) is 20.3. The maximum Gasteiger partial charge on any atom is 0.411 e. The lowest BCUT2D eigenvalue weighted by molar-refractivity contribution is -0.117. The van der Waals surface area contributed by atoms with Gasteiger partial charge in [-0.25, -0.2) is 4.79 Å². The summed E-state index contributed by atoms with van der Waals surface area (Å²) >= 11 is 12.6. The minimum Gasteiger partial charge on any atom is -0.453 e. The van der Waals surface area contributed by atoms with Crippen LogP contribution in [0.1, 0.15) is 37.1 Å². The molecule has 0 spiro atoms. The van der Waals surface area contributed by atoms with Gasteiger partial charge < -0.3 is 15.5 Å². The molecule has 12 nitrogen and oxygen atoms in total. The van der Waals surface area contributed by atoms with Gasteiger partial charge in [-0.3, -0.25) is 10.1 Å². The number of nitrogens with zero attached hydrogens (tertiary/aromatic N) is 6. The monoisotopic (exact) mass is 607 g/mol. The van der Waals surface area contributed by atoms with Crippen molar-refractivity contribution in [2.45, 2.75) is 25.8 Å². The predicted octanol–water partition coefficient (Wildman–Crippen LogP) is 5.54. The topological polar surface area (TPSA) is 161 Å². The van der Waals surface area contributed by atoms with Gasteiger partial charge >= 0.3 is 6.09 Å². The molecule has 4 rings (SSSR count). The zero-order valence-corrected chi connectivity index (χ0v) is 24.2. The molecule has 2 atom stereocenters. The molecule has 2 aromatic heterocycles. The lowest BCUT2D eigenvalue weighted by Gasteiger charge is -2.21. The summed E-state index contributed by atoms with van der Waals surface area (Å²) in [6.45, 7) is 1.99. The minimum absolute atomic E-state index is 0.0701. The van der Waals surface area contributed by atoms with Crippen LogP contribution in [0, 0.1) is 11.3 Å². The molecule has 3 N–H and O–H groups in total. The fraction of sp³-hybridized carbons (Fsp3) is 0.214. The summed E-state index contributed by atoms with van der Waals surface area (Å²) in [5.74, 6) is -0.304. The maximum atomic E-state index is 13.2. The van der Waals surface area contributed by atoms with E-state index in [9.17, 15) is 9.59 Å². The van der Waals surface area contributed by atoms with Crippen molar-refractivity contribution in [3.63, 3.8) is 0 Å². The highest BCUT2D eigenvalue weighted by atomic mass is 35.5. The predicted molar refractivity (Wildman–Crippen MR) is 160 cm³/mol. The molecule has 0 saturated carbocycles. The molecule has 2 heterocycles. The van der Waals surface area contributed by atoms with Crippen molar-refractivity contribution in [1.29, 1.82) is 5.41 Å². The van der Waals surface area contributed by atoms with Crippen molar-refractivity contribution in [3.8, 4) is 16.8 Å². The Bertz CT molecular complexity index is 1580. The Morgan fingerprint density at radius 2 is 1.90 bits per heavy atom. The van der Waals surface area contributed by atoms with Crippen LogP contribution in [0.2, 0.25) is 10.2 Å². The van der Waals surface area contributed by atoms with E-state index in [0.29, 0.717) is 46.1 Å². The van der Waals surface area contributed by atoms with Crippen molar-refractivity contribution in [2.75, 3.05) is 12.4 Å². The van der Waals surface area contributed by atoms with Gasteiger partial charge in [-0.15, -0.1) is 10.2 Å². The van der Waals surface area contributed by atoms with E-state index in [-0.39, 0.29) is 17.0 Å². The lowest BCUT2D eigenvalue weighted by atomic mass is 9.95. The van der Waals surface area contributed by atoms with Crippen molar-refractivity contribution in [1.82, 2.24) is 35.7 Å². The van der Waals surface area contributed by atoms with Crippen molar-refractivity contribution >= 4 is 53.2 Å². The summed E-state index contributed by atoms with van der Waals surface area (Å²) in [6.07, 6.45) is 6.25. The van der Waals surface area contributed by atoms with E-state index < -0.39 is 12.1 Å². The molecule has 2 amide bonds. The summed E-state index contributed by atoms with van der Waals surface area (Å²) in [5.41, 5.74) is 3.67. The van der Waals surface area contributed by atoms with Crippen LogP contribution in [0.3, 0.4) is 0 Å². The number of methoxy groups -OCH3 is 1. The summed E-state index contributed by atoms with van der Waals surface area (Å²) in [4.78, 5) is 24.7. The average Bonchev–Trinajstić information content (AvgIpc) is 3.51. The quantitative estimate of drug-likeness (QED) is 0.148. The zero-order valence-electron chi connectivity index (χ0n) is 22.7. The third-order valence-corrected chi connectivity index (χ3v) is 6.74. The first kappa shape index (κ1) is 30.3. The van der Waals surface area contributed by atoms with Gasteiger partial charge in [-0.05, 0) is 83.4 Å². The van der Waals surface area contributed by atoms with E-state index >= 15 is 0 Å². The summed E-state index contributed by atoms with van der Waals surface area (Å²) in [7, 11) is 1.28. The van der Waals surface area contributed by atoms with E-state index in [1.54, 1.807) is 54.6 Å². The Morgan fingerprint density at radius 1 is 1.12 bits per heavy atom. The van der Waals surface area contributed by atoms with Gasteiger partial charge in [0, 0.05) is 27.9 Å². The number of rotatable bonds is 11. The molecule has 0 bridgehead atoms. The number of carbonyl (C=O) groups is 2. The number of benzene rings is 2. The smallest absolute Gasteiger partial charge is 0.411 e. The van der Waals surface area contributed by atoms with Crippen molar-refractivity contribution in [2.24, 2.45) is 5.92 Å². The fourth-order valence-electron chi connectivity index (χ4n) is 4.14. The Balaban J connectivity index is 1.59. The zero-order chi connectivity index (χ0) is 30.1. The molecular weight excluding hydrogens is 581 g/mol. The molecule has 0 aliphatic carbocycles. The average molecular weight is 608 g/mol. The molecule has 0 saturated heterocycles. The molecule has 2 aromatic carbocycles. The number of tetrazole rings is 1. The number of aromatic nitrogens is 6. The largest absolute Gasteiger partial charge is 0.453 e. The van der Waals surface area contributed by atoms with Gasteiger partial charge in [0.05, 0.1) is 24.5 Å². The van der Waals surface area contributed by atoms with Gasteiger partial charge in [0.25, 0.3) is 0 Å². The van der Waals surface area contributed by atoms with Crippen molar-refractivity contribution in [3.05, 3.63) is 82.4 Å². The molecule has 42 heavy (non-hydrogen) atoms. The van der Waals surface area contributed by atoms with Crippen LogP contribution in [0.15, 0.2) is 60.9 Å². The Morgan fingerprint density at radius 3 is 2.60 bits per heavy atom. The SMILES string of the molecule is COC(=O)Nc1ccc(-c2cc(C(CC(C)CC=N)NC(=O)/C=C/c3cc(Cl)ccc3-n3cnnn3)nnc2Cl)cc1. The molecule has 14 heteroatoms. The highest BCUT2D eigenvalue weighted by Gasteiger charge is 2.21. The Kier molecular flexibility index (Phi) is 10.3. The number of anilines is 1.